The number of ketones is 1. The van der Waals surface area contributed by atoms with E-state index in [1.54, 1.807) is 0 Å². The predicted octanol–water partition coefficient (Wildman–Crippen LogP) is 2.85. The van der Waals surface area contributed by atoms with Crippen molar-refractivity contribution in [1.29, 1.82) is 0 Å². The molecule has 0 aromatic rings. The second-order valence-electron chi connectivity index (χ2n) is 4.92. The van der Waals surface area contributed by atoms with E-state index in [1.807, 2.05) is 26.8 Å². The number of carbonyl (C=O) groups excluding carboxylic acids is 1. The van der Waals surface area contributed by atoms with Gasteiger partial charge in [0.25, 0.3) is 0 Å². The summed E-state index contributed by atoms with van der Waals surface area (Å²) in [6.07, 6.45) is 6.24. The standard InChI is InChI=1S/C13H22O2/c1-4-10(2)11(14)12(15)13(3)8-6-5-7-9-13/h4,11,14H,5-9H2,1-3H3/b10-4+. The van der Waals surface area contributed by atoms with Gasteiger partial charge in [-0.2, -0.15) is 0 Å². The minimum atomic E-state index is -0.891. The van der Waals surface area contributed by atoms with Crippen LogP contribution in [-0.2, 0) is 4.79 Å². The van der Waals surface area contributed by atoms with Crippen LogP contribution in [0.15, 0.2) is 11.6 Å². The molecule has 1 unspecified atom stereocenters. The van der Waals surface area contributed by atoms with Crippen molar-refractivity contribution in [3.63, 3.8) is 0 Å². The highest BCUT2D eigenvalue weighted by molar-refractivity contribution is 5.90. The summed E-state index contributed by atoms with van der Waals surface area (Å²) in [5, 5.41) is 9.89. The van der Waals surface area contributed by atoms with Gasteiger partial charge in [0, 0.05) is 5.41 Å². The minimum absolute atomic E-state index is 0.0119. The van der Waals surface area contributed by atoms with Crippen molar-refractivity contribution < 1.29 is 9.90 Å². The minimum Gasteiger partial charge on any atom is -0.381 e. The van der Waals surface area contributed by atoms with E-state index < -0.39 is 6.10 Å². The third-order valence-electron chi connectivity index (χ3n) is 3.69. The van der Waals surface area contributed by atoms with Gasteiger partial charge < -0.3 is 5.11 Å². The van der Waals surface area contributed by atoms with Crippen molar-refractivity contribution in [2.45, 2.75) is 59.0 Å². The number of allylic oxidation sites excluding steroid dienone is 1. The predicted molar refractivity (Wildman–Crippen MR) is 61.6 cm³/mol. The van der Waals surface area contributed by atoms with Crippen molar-refractivity contribution in [3.8, 4) is 0 Å². The molecule has 0 radical (unpaired) electrons. The van der Waals surface area contributed by atoms with E-state index in [0.29, 0.717) is 0 Å². The number of hydrogen-bond donors (Lipinski definition) is 1. The van der Waals surface area contributed by atoms with E-state index in [9.17, 15) is 9.90 Å². The first-order valence-electron chi connectivity index (χ1n) is 5.86. The van der Waals surface area contributed by atoms with Gasteiger partial charge in [0.1, 0.15) is 6.10 Å². The normalized spacial score (nSPS) is 23.6. The largest absolute Gasteiger partial charge is 0.381 e. The van der Waals surface area contributed by atoms with Crippen LogP contribution in [0.25, 0.3) is 0 Å². The van der Waals surface area contributed by atoms with Crippen LogP contribution in [-0.4, -0.2) is 17.0 Å². The maximum Gasteiger partial charge on any atom is 0.171 e. The molecule has 0 bridgehead atoms. The van der Waals surface area contributed by atoms with E-state index in [0.717, 1.165) is 31.3 Å². The highest BCUT2D eigenvalue weighted by Gasteiger charge is 2.38. The van der Waals surface area contributed by atoms with Gasteiger partial charge in [-0.1, -0.05) is 32.3 Å². The Bertz CT molecular complexity index is 260. The Balaban J connectivity index is 2.74. The smallest absolute Gasteiger partial charge is 0.171 e. The van der Waals surface area contributed by atoms with Gasteiger partial charge in [-0.05, 0) is 32.3 Å². The van der Waals surface area contributed by atoms with Crippen molar-refractivity contribution in [3.05, 3.63) is 11.6 Å². The van der Waals surface area contributed by atoms with Gasteiger partial charge >= 0.3 is 0 Å². The molecule has 0 aromatic heterocycles. The van der Waals surface area contributed by atoms with Gasteiger partial charge in [-0.15, -0.1) is 0 Å². The van der Waals surface area contributed by atoms with Crippen LogP contribution in [0.1, 0.15) is 52.9 Å². The first kappa shape index (κ1) is 12.4. The number of aliphatic hydroxyl groups excluding tert-OH is 1. The summed E-state index contributed by atoms with van der Waals surface area (Å²) in [5.74, 6) is 0.0119. The summed E-state index contributed by atoms with van der Waals surface area (Å²) in [4.78, 5) is 12.1. The molecule has 1 saturated carbocycles. The summed E-state index contributed by atoms with van der Waals surface area (Å²) < 4.78 is 0. The number of Topliss-reactive ketones (excluding diaryl/α,β-unsaturated/α-hetero) is 1. The molecule has 2 nitrogen and oxygen atoms in total. The monoisotopic (exact) mass is 210 g/mol. The molecule has 1 rings (SSSR count). The van der Waals surface area contributed by atoms with Gasteiger partial charge in [-0.3, -0.25) is 4.79 Å². The molecule has 86 valence electrons. The highest BCUT2D eigenvalue weighted by Crippen LogP contribution is 2.38. The van der Waals surface area contributed by atoms with Crippen molar-refractivity contribution in [2.75, 3.05) is 0 Å². The van der Waals surface area contributed by atoms with Crippen LogP contribution in [0.4, 0.5) is 0 Å². The van der Waals surface area contributed by atoms with Crippen molar-refractivity contribution in [1.82, 2.24) is 0 Å². The molecular weight excluding hydrogens is 188 g/mol. The Labute approximate surface area is 92.4 Å². The fourth-order valence-electron chi connectivity index (χ4n) is 2.27. The summed E-state index contributed by atoms with van der Waals surface area (Å²) in [6, 6.07) is 0. The second-order valence-corrected chi connectivity index (χ2v) is 4.92. The molecule has 0 saturated heterocycles. The SMILES string of the molecule is C/C=C(\C)C(O)C(=O)C1(C)CCCCC1. The lowest BCUT2D eigenvalue weighted by molar-refractivity contribution is -0.136. The van der Waals surface area contributed by atoms with Gasteiger partial charge in [0.2, 0.25) is 0 Å². The average Bonchev–Trinajstić information content (AvgIpc) is 2.27. The summed E-state index contributed by atoms with van der Waals surface area (Å²) in [6.45, 7) is 5.67. The Morgan fingerprint density at radius 3 is 2.33 bits per heavy atom. The molecule has 0 aliphatic heterocycles. The van der Waals surface area contributed by atoms with E-state index >= 15 is 0 Å². The highest BCUT2D eigenvalue weighted by atomic mass is 16.3. The van der Waals surface area contributed by atoms with Crippen LogP contribution in [0.3, 0.4) is 0 Å². The molecule has 1 aliphatic rings. The van der Waals surface area contributed by atoms with Gasteiger partial charge in [0.05, 0.1) is 0 Å². The second kappa shape index (κ2) is 4.93. The lowest BCUT2D eigenvalue weighted by Crippen LogP contribution is -2.38. The zero-order valence-electron chi connectivity index (χ0n) is 10.0. The summed E-state index contributed by atoms with van der Waals surface area (Å²) in [5.41, 5.74) is 0.480. The van der Waals surface area contributed by atoms with Crippen LogP contribution >= 0.6 is 0 Å². The van der Waals surface area contributed by atoms with Crippen LogP contribution in [0.2, 0.25) is 0 Å². The molecule has 0 heterocycles. The number of rotatable bonds is 3. The zero-order chi connectivity index (χ0) is 11.5. The van der Waals surface area contributed by atoms with Crippen LogP contribution in [0, 0.1) is 5.41 Å². The lowest BCUT2D eigenvalue weighted by Gasteiger charge is -2.33. The fourth-order valence-corrected chi connectivity index (χ4v) is 2.27. The first-order chi connectivity index (χ1) is 7.01. The quantitative estimate of drug-likeness (QED) is 0.727. The molecular formula is C13H22O2. The number of carbonyl (C=O) groups is 1. The molecule has 2 heteroatoms. The van der Waals surface area contributed by atoms with Crippen LogP contribution in [0.5, 0.6) is 0 Å². The molecule has 1 fully saturated rings. The van der Waals surface area contributed by atoms with Crippen molar-refractivity contribution in [2.24, 2.45) is 5.41 Å². The maximum absolute atomic E-state index is 12.1. The Hall–Kier alpha value is -0.630. The Kier molecular flexibility index (Phi) is 4.09. The summed E-state index contributed by atoms with van der Waals surface area (Å²) in [7, 11) is 0. The zero-order valence-corrected chi connectivity index (χ0v) is 10.0. The molecule has 0 amide bonds. The molecule has 1 aliphatic carbocycles. The van der Waals surface area contributed by atoms with Crippen LogP contribution < -0.4 is 0 Å². The van der Waals surface area contributed by atoms with E-state index in [2.05, 4.69) is 0 Å². The topological polar surface area (TPSA) is 37.3 Å². The third-order valence-corrected chi connectivity index (χ3v) is 3.69. The maximum atomic E-state index is 12.1. The summed E-state index contributed by atoms with van der Waals surface area (Å²) >= 11 is 0. The molecule has 0 aromatic carbocycles. The molecule has 1 N–H and O–H groups in total. The number of aliphatic hydroxyl groups is 1. The first-order valence-corrected chi connectivity index (χ1v) is 5.86. The number of hydrogen-bond acceptors (Lipinski definition) is 2. The fraction of sp³-hybridized carbons (Fsp3) is 0.769. The molecule has 1 atom stereocenters. The lowest BCUT2D eigenvalue weighted by atomic mass is 9.70. The molecule has 15 heavy (non-hydrogen) atoms. The van der Waals surface area contributed by atoms with Gasteiger partial charge in [-0.25, -0.2) is 0 Å². The van der Waals surface area contributed by atoms with Gasteiger partial charge in [0.15, 0.2) is 5.78 Å². The Morgan fingerprint density at radius 2 is 1.87 bits per heavy atom. The third kappa shape index (κ3) is 2.69. The van der Waals surface area contributed by atoms with Crippen molar-refractivity contribution >= 4 is 5.78 Å². The average molecular weight is 210 g/mol. The van der Waals surface area contributed by atoms with E-state index in [-0.39, 0.29) is 11.2 Å². The van der Waals surface area contributed by atoms with E-state index in [4.69, 9.17) is 0 Å². The Morgan fingerprint density at radius 1 is 1.33 bits per heavy atom. The molecule has 0 spiro atoms. The van der Waals surface area contributed by atoms with E-state index in [1.165, 1.54) is 6.42 Å².